The topological polar surface area (TPSA) is 97.8 Å². The summed E-state index contributed by atoms with van der Waals surface area (Å²) < 4.78 is 11.0. The average molecular weight is 427 g/mol. The molecule has 0 saturated carbocycles. The molecule has 0 bridgehead atoms. The van der Waals surface area contributed by atoms with Crippen LogP contribution in [0.2, 0.25) is 5.02 Å². The van der Waals surface area contributed by atoms with Gasteiger partial charge in [-0.15, -0.1) is 0 Å². The molecule has 0 unspecified atom stereocenters. The maximum atomic E-state index is 12.5. The summed E-state index contributed by atoms with van der Waals surface area (Å²) in [6, 6.07) is 15.3. The third-order valence-electron chi connectivity index (χ3n) is 4.19. The lowest BCUT2D eigenvalue weighted by Gasteiger charge is -2.13. The van der Waals surface area contributed by atoms with Gasteiger partial charge in [-0.05, 0) is 48.0 Å². The number of halogens is 1. The summed E-state index contributed by atoms with van der Waals surface area (Å²) >= 11 is 6.09. The number of nitrogens with one attached hydrogen (secondary N) is 1. The van der Waals surface area contributed by atoms with Crippen LogP contribution in [0.3, 0.4) is 0 Å². The Morgan fingerprint density at radius 3 is 2.57 bits per heavy atom. The Morgan fingerprint density at radius 1 is 1.10 bits per heavy atom. The van der Waals surface area contributed by atoms with E-state index in [0.717, 1.165) is 11.3 Å². The third-order valence-corrected chi connectivity index (χ3v) is 4.42. The summed E-state index contributed by atoms with van der Waals surface area (Å²) in [5.41, 5.74) is 1.74. The molecule has 3 aromatic rings. The van der Waals surface area contributed by atoms with Crippen molar-refractivity contribution in [3.63, 3.8) is 0 Å². The van der Waals surface area contributed by atoms with Gasteiger partial charge in [0, 0.05) is 22.5 Å². The molecule has 0 atom stereocenters. The zero-order chi connectivity index (χ0) is 21.5. The molecule has 0 saturated heterocycles. The smallest absolute Gasteiger partial charge is 0.354 e. The maximum Gasteiger partial charge on any atom is 0.354 e. The lowest BCUT2D eigenvalue weighted by Crippen LogP contribution is -2.16. The van der Waals surface area contributed by atoms with Crippen LogP contribution in [0.25, 0.3) is 0 Å². The fraction of sp³-hybridized carbons (Fsp3) is 0.136. The van der Waals surface area contributed by atoms with Crippen molar-refractivity contribution in [3.8, 4) is 11.5 Å². The number of carboxylic acid groups (broad SMARTS) is 1. The van der Waals surface area contributed by atoms with Crippen molar-refractivity contribution in [1.29, 1.82) is 0 Å². The van der Waals surface area contributed by atoms with E-state index in [1.165, 1.54) is 18.3 Å². The quantitative estimate of drug-likeness (QED) is 0.560. The second-order valence-corrected chi connectivity index (χ2v) is 6.79. The van der Waals surface area contributed by atoms with E-state index in [1.807, 2.05) is 24.3 Å². The molecule has 0 fully saturated rings. The molecule has 3 rings (SSSR count). The fourth-order valence-corrected chi connectivity index (χ4v) is 2.91. The van der Waals surface area contributed by atoms with E-state index < -0.39 is 5.97 Å². The number of aromatic nitrogens is 1. The Bertz CT molecular complexity index is 1050. The SMILES string of the molecule is COc1ccc(COc2ccc(Cl)cc2CC(=O)Nc2ccnc(C(=O)O)c2)cc1. The van der Waals surface area contributed by atoms with E-state index in [0.29, 0.717) is 28.6 Å². The predicted molar refractivity (Wildman–Crippen MR) is 112 cm³/mol. The molecule has 0 aliphatic heterocycles. The predicted octanol–water partition coefficient (Wildman–Crippen LogP) is 4.20. The van der Waals surface area contributed by atoms with E-state index in [-0.39, 0.29) is 18.0 Å². The van der Waals surface area contributed by atoms with Crippen LogP contribution in [0.15, 0.2) is 60.8 Å². The molecular formula is C22H19ClN2O5. The van der Waals surface area contributed by atoms with Crippen LogP contribution in [-0.2, 0) is 17.8 Å². The Morgan fingerprint density at radius 2 is 1.87 bits per heavy atom. The molecule has 154 valence electrons. The van der Waals surface area contributed by atoms with Gasteiger partial charge in [0.05, 0.1) is 13.5 Å². The van der Waals surface area contributed by atoms with Crippen LogP contribution in [0.5, 0.6) is 11.5 Å². The second-order valence-electron chi connectivity index (χ2n) is 6.35. The monoisotopic (exact) mass is 426 g/mol. The Kier molecular flexibility index (Phi) is 6.87. The number of nitrogens with zero attached hydrogens (tertiary/aromatic N) is 1. The number of hydrogen-bond donors (Lipinski definition) is 2. The Labute approximate surface area is 178 Å². The molecule has 0 aliphatic carbocycles. The van der Waals surface area contributed by atoms with E-state index in [4.69, 9.17) is 26.2 Å². The number of pyridine rings is 1. The van der Waals surface area contributed by atoms with E-state index in [1.54, 1.807) is 25.3 Å². The fourth-order valence-electron chi connectivity index (χ4n) is 2.71. The van der Waals surface area contributed by atoms with Gasteiger partial charge >= 0.3 is 5.97 Å². The normalized spacial score (nSPS) is 10.3. The number of anilines is 1. The van der Waals surface area contributed by atoms with Gasteiger partial charge in [0.15, 0.2) is 0 Å². The summed E-state index contributed by atoms with van der Waals surface area (Å²) in [5.74, 6) is -0.222. The van der Waals surface area contributed by atoms with Gasteiger partial charge in [0.25, 0.3) is 0 Å². The first-order chi connectivity index (χ1) is 14.4. The van der Waals surface area contributed by atoms with Crippen molar-refractivity contribution in [1.82, 2.24) is 4.98 Å². The number of ether oxygens (including phenoxy) is 2. The molecule has 0 spiro atoms. The number of aromatic carboxylic acids is 1. The first kappa shape index (κ1) is 21.1. The first-order valence-corrected chi connectivity index (χ1v) is 9.36. The Balaban J connectivity index is 1.69. The van der Waals surface area contributed by atoms with E-state index in [9.17, 15) is 9.59 Å². The average Bonchev–Trinajstić information content (AvgIpc) is 2.73. The van der Waals surface area contributed by atoms with Crippen LogP contribution in [-0.4, -0.2) is 29.1 Å². The first-order valence-electron chi connectivity index (χ1n) is 8.98. The summed E-state index contributed by atoms with van der Waals surface area (Å²) in [5, 5.41) is 12.2. The molecule has 1 heterocycles. The summed E-state index contributed by atoms with van der Waals surface area (Å²) in [6.45, 7) is 0.312. The number of carboxylic acids is 1. The molecule has 30 heavy (non-hydrogen) atoms. The molecule has 1 aromatic heterocycles. The van der Waals surface area contributed by atoms with Crippen LogP contribution in [0, 0.1) is 0 Å². The summed E-state index contributed by atoms with van der Waals surface area (Å²) in [7, 11) is 1.60. The second kappa shape index (κ2) is 9.76. The van der Waals surface area contributed by atoms with Crippen molar-refractivity contribution in [2.75, 3.05) is 12.4 Å². The largest absolute Gasteiger partial charge is 0.497 e. The number of rotatable bonds is 8. The molecule has 8 heteroatoms. The highest BCUT2D eigenvalue weighted by molar-refractivity contribution is 6.30. The van der Waals surface area contributed by atoms with Gasteiger partial charge in [-0.3, -0.25) is 4.79 Å². The molecule has 0 radical (unpaired) electrons. The van der Waals surface area contributed by atoms with Gasteiger partial charge in [-0.2, -0.15) is 0 Å². The van der Waals surface area contributed by atoms with Crippen LogP contribution < -0.4 is 14.8 Å². The summed E-state index contributed by atoms with van der Waals surface area (Å²) in [6.07, 6.45) is 1.32. The molecule has 0 aliphatic rings. The zero-order valence-corrected chi connectivity index (χ0v) is 16.8. The lowest BCUT2D eigenvalue weighted by molar-refractivity contribution is -0.115. The number of carbonyl (C=O) groups excluding carboxylic acids is 1. The van der Waals surface area contributed by atoms with Crippen molar-refractivity contribution in [2.24, 2.45) is 0 Å². The minimum absolute atomic E-state index is 0.00321. The molecular weight excluding hydrogens is 408 g/mol. The van der Waals surface area contributed by atoms with Crippen molar-refractivity contribution >= 4 is 29.2 Å². The molecule has 2 aromatic carbocycles. The van der Waals surface area contributed by atoms with Gasteiger partial charge in [-0.1, -0.05) is 23.7 Å². The van der Waals surface area contributed by atoms with E-state index in [2.05, 4.69) is 10.3 Å². The van der Waals surface area contributed by atoms with Gasteiger partial charge in [0.2, 0.25) is 5.91 Å². The number of carbonyl (C=O) groups is 2. The minimum Gasteiger partial charge on any atom is -0.497 e. The lowest BCUT2D eigenvalue weighted by atomic mass is 10.1. The molecule has 2 N–H and O–H groups in total. The number of amides is 1. The molecule has 7 nitrogen and oxygen atoms in total. The maximum absolute atomic E-state index is 12.5. The molecule has 1 amide bonds. The standard InChI is InChI=1S/C22H19ClN2O5/c1-29-18-5-2-14(3-6-18)13-30-20-7-4-16(23)10-15(20)11-21(26)25-17-8-9-24-19(12-17)22(27)28/h2-10,12H,11,13H2,1H3,(H,27,28)(H,24,25,26). The van der Waals surface area contributed by atoms with Gasteiger partial charge in [0.1, 0.15) is 23.8 Å². The highest BCUT2D eigenvalue weighted by Crippen LogP contribution is 2.25. The van der Waals surface area contributed by atoms with Crippen molar-refractivity contribution in [2.45, 2.75) is 13.0 Å². The van der Waals surface area contributed by atoms with E-state index >= 15 is 0 Å². The number of methoxy groups -OCH3 is 1. The summed E-state index contributed by atoms with van der Waals surface area (Å²) in [4.78, 5) is 27.2. The third kappa shape index (κ3) is 5.71. The number of hydrogen-bond acceptors (Lipinski definition) is 5. The number of benzene rings is 2. The van der Waals surface area contributed by atoms with Gasteiger partial charge in [-0.25, -0.2) is 9.78 Å². The van der Waals surface area contributed by atoms with Crippen LogP contribution in [0.1, 0.15) is 21.6 Å². The highest BCUT2D eigenvalue weighted by atomic mass is 35.5. The highest BCUT2D eigenvalue weighted by Gasteiger charge is 2.12. The van der Waals surface area contributed by atoms with Crippen LogP contribution in [0.4, 0.5) is 5.69 Å². The Hall–Kier alpha value is -3.58. The van der Waals surface area contributed by atoms with Gasteiger partial charge < -0.3 is 19.9 Å². The zero-order valence-electron chi connectivity index (χ0n) is 16.1. The minimum atomic E-state index is -1.17. The van der Waals surface area contributed by atoms with Crippen molar-refractivity contribution in [3.05, 3.63) is 82.6 Å². The van der Waals surface area contributed by atoms with Crippen LogP contribution >= 0.6 is 11.6 Å². The van der Waals surface area contributed by atoms with Crippen molar-refractivity contribution < 1.29 is 24.2 Å².